The monoisotopic (exact) mass is 1150 g/mol. The first-order valence-corrected chi connectivity index (χ1v) is 31.6. The van der Waals surface area contributed by atoms with E-state index in [1.165, 1.54) is 142 Å². The smallest absolute Gasteiger partial charge is 0.0468 e. The first kappa shape index (κ1) is 52.1. The molecule has 16 aromatic rings. The second kappa shape index (κ2) is 19.7. The van der Waals surface area contributed by atoms with E-state index in [9.17, 15) is 0 Å². The predicted octanol–water partition coefficient (Wildman–Crippen LogP) is 24.6. The molecule has 2 heteroatoms. The van der Waals surface area contributed by atoms with Gasteiger partial charge in [-0.05, 0) is 239 Å². The molecule has 0 amide bonds. The SMILES string of the molecule is CC1(C)c2cc(-c3cc4cc(-c5ccc6c(c5)C(C)(C)c5cc(N(c7ccc8ccccc8c7)c7ccc8ccccc8c7)ccc5-6)c5ccccc5c4c4ccccc34)ccc2-c2ccc(N(c3ccc4ccccc4c3)c3ccc4ccccc4c3)cc21. The highest BCUT2D eigenvalue weighted by Gasteiger charge is 2.38. The zero-order valence-electron chi connectivity index (χ0n) is 50.8. The first-order valence-electron chi connectivity index (χ1n) is 31.6. The van der Waals surface area contributed by atoms with Crippen molar-refractivity contribution in [3.05, 3.63) is 326 Å². The Labute approximate surface area is 524 Å². The van der Waals surface area contributed by atoms with Gasteiger partial charge >= 0.3 is 0 Å². The maximum atomic E-state index is 2.50. The molecule has 424 valence electrons. The van der Waals surface area contributed by atoms with Gasteiger partial charge in [-0.25, -0.2) is 0 Å². The molecule has 0 atom stereocenters. The quantitative estimate of drug-likeness (QED) is 0.140. The van der Waals surface area contributed by atoms with E-state index in [1.807, 2.05) is 0 Å². The predicted molar refractivity (Wildman–Crippen MR) is 384 cm³/mol. The number of anilines is 6. The second-order valence-corrected chi connectivity index (χ2v) is 26.1. The molecule has 0 radical (unpaired) electrons. The maximum Gasteiger partial charge on any atom is 0.0468 e. The van der Waals surface area contributed by atoms with Crippen LogP contribution in [-0.2, 0) is 10.8 Å². The van der Waals surface area contributed by atoms with Gasteiger partial charge in [-0.3, -0.25) is 0 Å². The van der Waals surface area contributed by atoms with Gasteiger partial charge in [0.25, 0.3) is 0 Å². The van der Waals surface area contributed by atoms with Crippen LogP contribution >= 0.6 is 0 Å². The van der Waals surface area contributed by atoms with Crippen LogP contribution in [0, 0.1) is 0 Å². The van der Waals surface area contributed by atoms with Crippen molar-refractivity contribution in [2.45, 2.75) is 38.5 Å². The number of benzene rings is 16. The zero-order valence-corrected chi connectivity index (χ0v) is 50.8. The van der Waals surface area contributed by atoms with E-state index in [2.05, 4.69) is 341 Å². The Kier molecular flexibility index (Phi) is 11.4. The second-order valence-electron chi connectivity index (χ2n) is 26.1. The number of rotatable bonds is 8. The van der Waals surface area contributed by atoms with Crippen LogP contribution in [0.15, 0.2) is 303 Å². The summed E-state index contributed by atoms with van der Waals surface area (Å²) < 4.78 is 0. The topological polar surface area (TPSA) is 6.48 Å². The van der Waals surface area contributed by atoms with Gasteiger partial charge in [0.2, 0.25) is 0 Å². The molecule has 0 N–H and O–H groups in total. The van der Waals surface area contributed by atoms with Crippen LogP contribution in [0.25, 0.3) is 120 Å². The van der Waals surface area contributed by atoms with Crippen molar-refractivity contribution < 1.29 is 0 Å². The highest BCUT2D eigenvalue weighted by Crippen LogP contribution is 2.55. The maximum absolute atomic E-state index is 2.50. The highest BCUT2D eigenvalue weighted by atomic mass is 15.1. The van der Waals surface area contributed by atoms with Crippen molar-refractivity contribution in [3.63, 3.8) is 0 Å². The number of nitrogens with zero attached hydrogens (tertiary/aromatic N) is 2. The molecule has 2 aliphatic carbocycles. The van der Waals surface area contributed by atoms with Crippen molar-refractivity contribution in [1.82, 2.24) is 0 Å². The Morgan fingerprint density at radius 1 is 0.200 bits per heavy atom. The summed E-state index contributed by atoms with van der Waals surface area (Å²) in [5.74, 6) is 0. The van der Waals surface area contributed by atoms with E-state index >= 15 is 0 Å². The molecule has 90 heavy (non-hydrogen) atoms. The number of hydrogen-bond donors (Lipinski definition) is 0. The van der Waals surface area contributed by atoms with Gasteiger partial charge in [-0.2, -0.15) is 0 Å². The fourth-order valence-electron chi connectivity index (χ4n) is 15.7. The van der Waals surface area contributed by atoms with Gasteiger partial charge in [0.15, 0.2) is 0 Å². The molecule has 0 aromatic heterocycles. The lowest BCUT2D eigenvalue weighted by Gasteiger charge is -2.28. The Hall–Kier alpha value is -11.1. The summed E-state index contributed by atoms with van der Waals surface area (Å²) in [7, 11) is 0. The Balaban J connectivity index is 0.731. The molecule has 0 bridgehead atoms. The molecule has 2 nitrogen and oxygen atoms in total. The molecule has 0 fully saturated rings. The Morgan fingerprint density at radius 3 is 0.811 bits per heavy atom. The van der Waals surface area contributed by atoms with Crippen LogP contribution < -0.4 is 9.80 Å². The van der Waals surface area contributed by atoms with E-state index < -0.39 is 0 Å². The van der Waals surface area contributed by atoms with Crippen molar-refractivity contribution in [2.24, 2.45) is 0 Å². The summed E-state index contributed by atoms with van der Waals surface area (Å²) in [6.07, 6.45) is 0. The Bertz CT molecular complexity index is 5200. The molecular formula is C88H62N2. The molecule has 2 aliphatic rings. The zero-order chi connectivity index (χ0) is 60.0. The van der Waals surface area contributed by atoms with Crippen molar-refractivity contribution in [2.75, 3.05) is 9.80 Å². The highest BCUT2D eigenvalue weighted by molar-refractivity contribution is 6.26. The minimum atomic E-state index is -0.276. The first-order chi connectivity index (χ1) is 44.1. The van der Waals surface area contributed by atoms with Crippen molar-refractivity contribution in [3.8, 4) is 44.5 Å². The van der Waals surface area contributed by atoms with E-state index in [4.69, 9.17) is 0 Å². The summed E-state index contributed by atoms with van der Waals surface area (Å²) in [5, 5.41) is 17.4. The van der Waals surface area contributed by atoms with Crippen LogP contribution in [0.5, 0.6) is 0 Å². The van der Waals surface area contributed by atoms with Gasteiger partial charge in [0, 0.05) is 45.0 Å². The van der Waals surface area contributed by atoms with Crippen LogP contribution in [0.1, 0.15) is 49.9 Å². The lowest BCUT2D eigenvalue weighted by Crippen LogP contribution is -2.16. The van der Waals surface area contributed by atoms with Gasteiger partial charge in [0.05, 0.1) is 0 Å². The van der Waals surface area contributed by atoms with E-state index in [1.54, 1.807) is 0 Å². The van der Waals surface area contributed by atoms with Gasteiger partial charge in [-0.15, -0.1) is 0 Å². The third-order valence-electron chi connectivity index (χ3n) is 20.3. The fraction of sp³-hybridized carbons (Fsp3) is 0.0682. The normalized spacial score (nSPS) is 13.5. The molecular weight excluding hydrogens is 1080 g/mol. The van der Waals surface area contributed by atoms with Gasteiger partial charge < -0.3 is 9.80 Å². The molecule has 0 unspecified atom stereocenters. The van der Waals surface area contributed by atoms with Gasteiger partial charge in [0.1, 0.15) is 0 Å². The molecule has 0 spiro atoms. The van der Waals surface area contributed by atoms with Crippen molar-refractivity contribution in [1.29, 1.82) is 0 Å². The van der Waals surface area contributed by atoms with Crippen molar-refractivity contribution >= 4 is 110 Å². The van der Waals surface area contributed by atoms with E-state index in [-0.39, 0.29) is 10.8 Å². The van der Waals surface area contributed by atoms with Gasteiger partial charge in [-0.1, -0.05) is 234 Å². The summed E-state index contributed by atoms with van der Waals surface area (Å²) in [6, 6.07) is 114. The lowest BCUT2D eigenvalue weighted by atomic mass is 9.80. The van der Waals surface area contributed by atoms with E-state index in [0.29, 0.717) is 0 Å². The summed E-state index contributed by atoms with van der Waals surface area (Å²) >= 11 is 0. The summed E-state index contributed by atoms with van der Waals surface area (Å²) in [6.45, 7) is 9.67. The minimum Gasteiger partial charge on any atom is -0.310 e. The van der Waals surface area contributed by atoms with Crippen LogP contribution in [-0.4, -0.2) is 0 Å². The minimum absolute atomic E-state index is 0.276. The summed E-state index contributed by atoms with van der Waals surface area (Å²) in [5.41, 5.74) is 21.8. The largest absolute Gasteiger partial charge is 0.310 e. The van der Waals surface area contributed by atoms with E-state index in [0.717, 1.165) is 34.1 Å². The number of hydrogen-bond acceptors (Lipinski definition) is 2. The lowest BCUT2D eigenvalue weighted by molar-refractivity contribution is 0.660. The molecule has 18 rings (SSSR count). The average molecular weight is 1150 g/mol. The third-order valence-corrected chi connectivity index (χ3v) is 20.3. The average Bonchev–Trinajstić information content (AvgIpc) is 1.41. The van der Waals surface area contributed by atoms with Crippen LogP contribution in [0.2, 0.25) is 0 Å². The summed E-state index contributed by atoms with van der Waals surface area (Å²) in [4.78, 5) is 4.88. The molecule has 0 saturated heterocycles. The molecule has 0 saturated carbocycles. The molecule has 0 heterocycles. The van der Waals surface area contributed by atoms with Crippen LogP contribution in [0.3, 0.4) is 0 Å². The Morgan fingerprint density at radius 2 is 0.467 bits per heavy atom. The molecule has 16 aromatic carbocycles. The van der Waals surface area contributed by atoms with Crippen LogP contribution in [0.4, 0.5) is 34.1 Å². The third kappa shape index (κ3) is 8.04. The standard InChI is InChI=1S/C88H62N2/c1-87(2)82-51-63(33-41-74(82)76-43-39-70(53-84(76)87)89(66-35-29-55-17-5-9-21-59(55)45-66)67-36-30-56-18-6-10-22-60(56)46-67)80-49-65-50-81(73-26-14-16-28-79(73)86(65)78-27-15-13-25-72(78)80)64-34-42-75-77-44-40-71(54-85(77)88(3,4)83(75)52-64)90(68-37-31-57-19-7-11-23-61(57)47-68)69-38-32-58-20-8-12-24-62(58)48-69/h5-54H,1-4H3. The number of fused-ring (bicyclic) bond motifs is 15. The fourth-order valence-corrected chi connectivity index (χ4v) is 15.7. The molecule has 0 aliphatic heterocycles.